The molecule has 0 radical (unpaired) electrons. The number of likely N-dealkylation sites (N-methyl/N-ethyl adjacent to an activating group) is 1. The molecule has 5 nitrogen and oxygen atoms in total. The summed E-state index contributed by atoms with van der Waals surface area (Å²) in [6.45, 7) is 5.61. The first-order valence-corrected chi connectivity index (χ1v) is 9.84. The van der Waals surface area contributed by atoms with Gasteiger partial charge in [-0.05, 0) is 30.9 Å². The molecule has 0 fully saturated rings. The topological polar surface area (TPSA) is 46.1 Å². The molecule has 0 saturated carbocycles. The highest BCUT2D eigenvalue weighted by Gasteiger charge is 2.06. The van der Waals surface area contributed by atoms with E-state index < -0.39 is 0 Å². The van der Waals surface area contributed by atoms with Crippen LogP contribution in [-0.2, 0) is 17.8 Å². The highest BCUT2D eigenvalue weighted by Crippen LogP contribution is 2.17. The number of rotatable bonds is 10. The summed E-state index contributed by atoms with van der Waals surface area (Å²) in [5, 5.41) is 5.46. The minimum absolute atomic E-state index is 0. The number of nitrogens with zero attached hydrogens (tertiary/aromatic N) is 2. The maximum Gasteiger partial charge on any atom is 0.193 e. The van der Waals surface area contributed by atoms with Crippen LogP contribution in [0.1, 0.15) is 17.4 Å². The molecule has 0 spiro atoms. The van der Waals surface area contributed by atoms with Crippen LogP contribution >= 0.6 is 35.3 Å². The number of ether oxygens (including phenoxy) is 2. The normalized spacial score (nSPS) is 11.0. The highest BCUT2D eigenvalue weighted by atomic mass is 127. The van der Waals surface area contributed by atoms with Crippen LogP contribution in [0.5, 0.6) is 5.75 Å². The van der Waals surface area contributed by atoms with Gasteiger partial charge < -0.3 is 19.7 Å². The van der Waals surface area contributed by atoms with Gasteiger partial charge in [0.2, 0.25) is 0 Å². The van der Waals surface area contributed by atoms with Gasteiger partial charge in [-0.3, -0.25) is 4.99 Å². The Morgan fingerprint density at radius 1 is 1.22 bits per heavy atom. The van der Waals surface area contributed by atoms with E-state index in [1.54, 1.807) is 18.4 Å². The van der Waals surface area contributed by atoms with Crippen LogP contribution in [-0.4, -0.2) is 51.3 Å². The Hall–Kier alpha value is -1.32. The van der Waals surface area contributed by atoms with E-state index in [-0.39, 0.29) is 24.0 Å². The number of aliphatic imine (C=N–C) groups is 1. The average molecular weight is 503 g/mol. The lowest BCUT2D eigenvalue weighted by atomic mass is 10.2. The van der Waals surface area contributed by atoms with E-state index in [9.17, 15) is 0 Å². The predicted octanol–water partition coefficient (Wildman–Crippen LogP) is 4.03. The van der Waals surface area contributed by atoms with Gasteiger partial charge in [-0.1, -0.05) is 24.3 Å². The molecule has 1 heterocycles. The van der Waals surface area contributed by atoms with Crippen molar-refractivity contribution in [3.63, 3.8) is 0 Å². The number of nitrogens with one attached hydrogen (secondary N) is 1. The summed E-state index contributed by atoms with van der Waals surface area (Å²) in [7, 11) is 3.75. The Labute approximate surface area is 183 Å². The standard InChI is InChI=1S/C20H29N3O2S.HI/c1-4-21-20(23(2)13-11-18-9-7-15-26-18)22-12-14-25-16-17-8-5-6-10-19(17)24-3;/h5-10,15H,4,11-14,16H2,1-3H3,(H,21,22);1H. The first kappa shape index (κ1) is 23.7. The Kier molecular flexibility index (Phi) is 12.1. The minimum Gasteiger partial charge on any atom is -0.496 e. The van der Waals surface area contributed by atoms with Crippen LogP contribution < -0.4 is 10.1 Å². The molecule has 1 aromatic carbocycles. The van der Waals surface area contributed by atoms with E-state index >= 15 is 0 Å². The van der Waals surface area contributed by atoms with Crippen LogP contribution in [0.2, 0.25) is 0 Å². The third-order valence-electron chi connectivity index (χ3n) is 3.92. The van der Waals surface area contributed by atoms with Gasteiger partial charge in [-0.15, -0.1) is 35.3 Å². The van der Waals surface area contributed by atoms with Crippen LogP contribution in [0.15, 0.2) is 46.8 Å². The lowest BCUT2D eigenvalue weighted by molar-refractivity contribution is 0.126. The fraction of sp³-hybridized carbons (Fsp3) is 0.450. The summed E-state index contributed by atoms with van der Waals surface area (Å²) >= 11 is 1.80. The van der Waals surface area contributed by atoms with E-state index in [1.165, 1.54) is 4.88 Å². The molecule has 0 bridgehead atoms. The number of methoxy groups -OCH3 is 1. The lowest BCUT2D eigenvalue weighted by Crippen LogP contribution is -2.40. The van der Waals surface area contributed by atoms with Crippen molar-refractivity contribution in [1.82, 2.24) is 10.2 Å². The summed E-state index contributed by atoms with van der Waals surface area (Å²) in [6.07, 6.45) is 1.03. The third kappa shape index (κ3) is 8.49. The Bertz CT molecular complexity index is 665. The average Bonchev–Trinajstić information content (AvgIpc) is 3.19. The van der Waals surface area contributed by atoms with Gasteiger partial charge in [0, 0.05) is 30.6 Å². The van der Waals surface area contributed by atoms with Gasteiger partial charge in [0.15, 0.2) is 5.96 Å². The fourth-order valence-corrected chi connectivity index (χ4v) is 3.23. The lowest BCUT2D eigenvalue weighted by Gasteiger charge is -2.21. The second-order valence-corrected chi connectivity index (χ2v) is 6.88. The number of hydrogen-bond acceptors (Lipinski definition) is 4. The first-order chi connectivity index (χ1) is 12.7. The second-order valence-electron chi connectivity index (χ2n) is 5.85. The van der Waals surface area contributed by atoms with Gasteiger partial charge in [0.05, 0.1) is 26.9 Å². The van der Waals surface area contributed by atoms with Crippen molar-refractivity contribution in [3.8, 4) is 5.75 Å². The third-order valence-corrected chi connectivity index (χ3v) is 4.85. The van der Waals surface area contributed by atoms with E-state index in [0.29, 0.717) is 19.8 Å². The molecule has 150 valence electrons. The van der Waals surface area contributed by atoms with Gasteiger partial charge >= 0.3 is 0 Å². The van der Waals surface area contributed by atoms with Gasteiger partial charge in [0.25, 0.3) is 0 Å². The van der Waals surface area contributed by atoms with Crippen molar-refractivity contribution in [3.05, 3.63) is 52.2 Å². The van der Waals surface area contributed by atoms with Gasteiger partial charge in [-0.25, -0.2) is 0 Å². The van der Waals surface area contributed by atoms with Crippen molar-refractivity contribution in [2.75, 3.05) is 40.4 Å². The zero-order valence-electron chi connectivity index (χ0n) is 16.3. The molecule has 0 aliphatic rings. The molecule has 0 saturated heterocycles. The molecule has 2 aromatic rings. The smallest absolute Gasteiger partial charge is 0.193 e. The summed E-state index contributed by atoms with van der Waals surface area (Å²) < 4.78 is 11.1. The maximum absolute atomic E-state index is 5.76. The number of thiophene rings is 1. The van der Waals surface area contributed by atoms with E-state index in [0.717, 1.165) is 36.8 Å². The summed E-state index contributed by atoms with van der Waals surface area (Å²) in [4.78, 5) is 8.23. The Morgan fingerprint density at radius 2 is 2.04 bits per heavy atom. The summed E-state index contributed by atoms with van der Waals surface area (Å²) in [5.74, 6) is 1.78. The zero-order valence-corrected chi connectivity index (χ0v) is 19.5. The largest absolute Gasteiger partial charge is 0.496 e. The molecule has 7 heteroatoms. The molecule has 1 aromatic heterocycles. The van der Waals surface area contributed by atoms with Crippen molar-refractivity contribution < 1.29 is 9.47 Å². The molecular formula is C20H30IN3O2S. The molecule has 0 amide bonds. The van der Waals surface area contributed by atoms with Crippen molar-refractivity contribution in [2.24, 2.45) is 4.99 Å². The first-order valence-electron chi connectivity index (χ1n) is 8.96. The van der Waals surface area contributed by atoms with Gasteiger partial charge in [-0.2, -0.15) is 0 Å². The molecule has 0 aliphatic carbocycles. The molecule has 2 rings (SSSR count). The van der Waals surface area contributed by atoms with Crippen molar-refractivity contribution >= 4 is 41.3 Å². The van der Waals surface area contributed by atoms with Crippen LogP contribution in [0, 0.1) is 0 Å². The summed E-state index contributed by atoms with van der Waals surface area (Å²) in [6, 6.07) is 12.2. The SMILES string of the molecule is CCNC(=NCCOCc1ccccc1OC)N(C)CCc1cccs1.I. The maximum atomic E-state index is 5.76. The highest BCUT2D eigenvalue weighted by molar-refractivity contribution is 14.0. The van der Waals surface area contributed by atoms with Gasteiger partial charge in [0.1, 0.15) is 5.75 Å². The molecule has 0 atom stereocenters. The molecular weight excluding hydrogens is 473 g/mol. The number of hydrogen-bond donors (Lipinski definition) is 1. The number of benzene rings is 1. The summed E-state index contributed by atoms with van der Waals surface area (Å²) in [5.41, 5.74) is 1.05. The number of para-hydroxylation sites is 1. The number of halogens is 1. The monoisotopic (exact) mass is 503 g/mol. The van der Waals surface area contributed by atoms with Crippen LogP contribution in [0.25, 0.3) is 0 Å². The molecule has 0 unspecified atom stereocenters. The van der Waals surface area contributed by atoms with Crippen molar-refractivity contribution in [1.29, 1.82) is 0 Å². The predicted molar refractivity (Wildman–Crippen MR) is 125 cm³/mol. The quantitative estimate of drug-likeness (QED) is 0.230. The Morgan fingerprint density at radius 3 is 2.74 bits per heavy atom. The second kappa shape index (κ2) is 13.8. The van der Waals surface area contributed by atoms with E-state index in [2.05, 4.69) is 46.7 Å². The zero-order chi connectivity index (χ0) is 18.6. The molecule has 1 N–H and O–H groups in total. The molecule has 0 aliphatic heterocycles. The molecule has 27 heavy (non-hydrogen) atoms. The van der Waals surface area contributed by atoms with Crippen LogP contribution in [0.3, 0.4) is 0 Å². The van der Waals surface area contributed by atoms with E-state index in [1.807, 2.05) is 24.3 Å². The number of guanidine groups is 1. The Balaban J connectivity index is 0.00000364. The van der Waals surface area contributed by atoms with Crippen LogP contribution in [0.4, 0.5) is 0 Å². The fourth-order valence-electron chi connectivity index (χ4n) is 2.53. The minimum atomic E-state index is 0. The van der Waals surface area contributed by atoms with Crippen molar-refractivity contribution in [2.45, 2.75) is 20.0 Å². The van der Waals surface area contributed by atoms with E-state index in [4.69, 9.17) is 9.47 Å².